The predicted octanol–water partition coefficient (Wildman–Crippen LogP) is 3.34. The summed E-state index contributed by atoms with van der Waals surface area (Å²) in [5.41, 5.74) is 0. The van der Waals surface area contributed by atoms with Gasteiger partial charge < -0.3 is 0 Å². The third-order valence-electron chi connectivity index (χ3n) is 2.12. The molecule has 0 unspecified atom stereocenters. The van der Waals surface area contributed by atoms with E-state index in [1.54, 1.807) is 0 Å². The van der Waals surface area contributed by atoms with Gasteiger partial charge in [0.05, 0.1) is 25.0 Å². The van der Waals surface area contributed by atoms with Gasteiger partial charge in [-0.1, -0.05) is 0 Å². The molecule has 0 bridgehead atoms. The van der Waals surface area contributed by atoms with Crippen molar-refractivity contribution < 1.29 is 22.4 Å². The summed E-state index contributed by atoms with van der Waals surface area (Å²) in [5.74, 6) is 0. The molecular weight excluding hydrogens is 344 g/mol. The topological polar surface area (TPSA) is 0 Å². The summed E-state index contributed by atoms with van der Waals surface area (Å²) in [6, 6.07) is 0. The molecule has 0 rings (SSSR count). The van der Waals surface area contributed by atoms with Gasteiger partial charge in [0.2, 0.25) is 0 Å². The Balaban J connectivity index is 0. The molecule has 0 spiro atoms. The number of rotatable bonds is 4. The molecule has 0 aliphatic carbocycles. The first kappa shape index (κ1) is 14.1. The molecule has 0 atom stereocenters. The van der Waals surface area contributed by atoms with Crippen molar-refractivity contribution in [3.05, 3.63) is 0 Å². The summed E-state index contributed by atoms with van der Waals surface area (Å²) in [4.78, 5) is 0. The van der Waals surface area contributed by atoms with Crippen LogP contribution >= 0.6 is 17.8 Å². The van der Waals surface area contributed by atoms with Crippen LogP contribution in [0.1, 0.15) is 20.8 Å². The van der Waals surface area contributed by atoms with Crippen molar-refractivity contribution in [2.45, 2.75) is 20.8 Å². The minimum Gasteiger partial charge on any atom is -0.0302 e. The second-order valence-electron chi connectivity index (χ2n) is 2.19. The van der Waals surface area contributed by atoms with E-state index in [4.69, 9.17) is 0 Å². The molecular formula is C7H18AuPS+. The molecule has 0 fully saturated rings. The molecule has 0 aliphatic heterocycles. The fraction of sp³-hybridized carbons (Fsp3) is 1.00. The van der Waals surface area contributed by atoms with Crippen molar-refractivity contribution in [1.29, 1.82) is 0 Å². The maximum atomic E-state index is 2.33. The Morgan fingerprint density at radius 1 is 1.00 bits per heavy atom. The van der Waals surface area contributed by atoms with E-state index in [-0.39, 0.29) is 22.4 Å². The zero-order valence-electron chi connectivity index (χ0n) is 7.28. The Morgan fingerprint density at radius 2 is 1.30 bits per heavy atom. The maximum Gasteiger partial charge on any atom is 0.0727 e. The van der Waals surface area contributed by atoms with Gasteiger partial charge in [-0.05, 0) is 20.8 Å². The van der Waals surface area contributed by atoms with Crippen molar-refractivity contribution in [3.8, 4) is 0 Å². The fourth-order valence-electron chi connectivity index (χ4n) is 1.06. The second-order valence-corrected chi connectivity index (χ2v) is 9.99. The molecule has 0 aromatic carbocycles. The summed E-state index contributed by atoms with van der Waals surface area (Å²) in [5, 5.41) is 0. The molecule has 67 valence electrons. The molecule has 0 amide bonds. The first-order valence-electron chi connectivity index (χ1n) is 3.66. The van der Waals surface area contributed by atoms with E-state index in [1.165, 1.54) is 18.5 Å². The Morgan fingerprint density at radius 3 is 1.30 bits per heavy atom. The van der Waals surface area contributed by atoms with E-state index >= 15 is 0 Å². The van der Waals surface area contributed by atoms with Crippen LogP contribution in [-0.4, -0.2) is 24.7 Å². The van der Waals surface area contributed by atoms with Gasteiger partial charge in [-0.2, -0.15) is 0 Å². The Bertz CT molecular complexity index is 56.5. The van der Waals surface area contributed by atoms with Gasteiger partial charge in [0.25, 0.3) is 0 Å². The number of hydrogen-bond acceptors (Lipinski definition) is 1. The van der Waals surface area contributed by atoms with Crippen molar-refractivity contribution in [3.63, 3.8) is 0 Å². The average Bonchev–Trinajstić information content (AvgIpc) is 1.95. The van der Waals surface area contributed by atoms with E-state index in [0.717, 1.165) is 0 Å². The fourth-order valence-corrected chi connectivity index (χ4v) is 5.50. The van der Waals surface area contributed by atoms with Gasteiger partial charge >= 0.3 is 0 Å². The van der Waals surface area contributed by atoms with Gasteiger partial charge in [-0.25, -0.2) is 0 Å². The molecule has 0 aliphatic rings. The molecule has 0 N–H and O–H groups in total. The van der Waals surface area contributed by atoms with Gasteiger partial charge in [0.15, 0.2) is 0 Å². The van der Waals surface area contributed by atoms with Crippen LogP contribution in [0.15, 0.2) is 0 Å². The van der Waals surface area contributed by atoms with E-state index in [9.17, 15) is 0 Å². The smallest absolute Gasteiger partial charge is 0.0302 e. The van der Waals surface area contributed by atoms with Crippen LogP contribution in [0.2, 0.25) is 0 Å². The van der Waals surface area contributed by atoms with Crippen LogP contribution in [-0.2, 0) is 22.4 Å². The van der Waals surface area contributed by atoms with E-state index in [2.05, 4.69) is 38.4 Å². The summed E-state index contributed by atoms with van der Waals surface area (Å²) in [6.07, 6.45) is 6.52. The second kappa shape index (κ2) is 7.18. The minimum absolute atomic E-state index is 0. The molecule has 0 aromatic heterocycles. The van der Waals surface area contributed by atoms with Crippen LogP contribution in [0.25, 0.3) is 0 Å². The summed E-state index contributed by atoms with van der Waals surface area (Å²) < 4.78 is 0. The largest absolute Gasteiger partial charge is 0.0727 e. The molecule has 1 radical (unpaired) electrons. The van der Waals surface area contributed by atoms with E-state index in [0.29, 0.717) is 0 Å². The third kappa shape index (κ3) is 3.78. The third-order valence-corrected chi connectivity index (χ3v) is 11.0. The summed E-state index contributed by atoms with van der Waals surface area (Å²) in [7, 11) is 0. The molecule has 10 heavy (non-hydrogen) atoms. The Kier molecular flexibility index (Phi) is 10.1. The van der Waals surface area contributed by atoms with Crippen LogP contribution in [0.4, 0.5) is 0 Å². The first-order chi connectivity index (χ1) is 4.24. The molecule has 0 saturated carbocycles. The summed E-state index contributed by atoms with van der Waals surface area (Å²) >= 11 is 2.13. The van der Waals surface area contributed by atoms with E-state index < -0.39 is 6.46 Å². The van der Waals surface area contributed by atoms with Crippen molar-refractivity contribution >= 4 is 17.8 Å². The molecule has 3 heteroatoms. The van der Waals surface area contributed by atoms with Crippen molar-refractivity contribution in [2.24, 2.45) is 0 Å². The van der Waals surface area contributed by atoms with Crippen LogP contribution in [0.5, 0.6) is 0 Å². The van der Waals surface area contributed by atoms with Crippen molar-refractivity contribution in [1.82, 2.24) is 0 Å². The van der Waals surface area contributed by atoms with Crippen LogP contribution in [0, 0.1) is 0 Å². The Labute approximate surface area is 85.5 Å². The van der Waals surface area contributed by atoms with Gasteiger partial charge in [0.1, 0.15) is 0 Å². The normalized spacial score (nSPS) is 10.8. The standard InChI is InChI=1S/C7H18PS.Au/c1-5-8(6-2,7-3)9-4;/h5-7H2,1-4H3;/q+1;. The average molecular weight is 362 g/mol. The van der Waals surface area contributed by atoms with Gasteiger partial charge in [-0.3, -0.25) is 0 Å². The van der Waals surface area contributed by atoms with Gasteiger partial charge in [0, 0.05) is 40.0 Å². The van der Waals surface area contributed by atoms with Crippen LogP contribution in [0.3, 0.4) is 0 Å². The SMILES string of the molecule is CC[P+](CC)(CC)SC.[Au]. The molecule has 0 nitrogen and oxygen atoms in total. The zero-order chi connectivity index (χ0) is 7.33. The van der Waals surface area contributed by atoms with Gasteiger partial charge in [-0.15, -0.1) is 0 Å². The predicted molar refractivity (Wildman–Crippen MR) is 52.1 cm³/mol. The number of hydrogen-bond donors (Lipinski definition) is 0. The van der Waals surface area contributed by atoms with E-state index in [1.807, 2.05) is 0 Å². The Hall–Kier alpha value is 1.52. The first-order valence-corrected chi connectivity index (χ1v) is 7.84. The minimum atomic E-state index is -0.503. The van der Waals surface area contributed by atoms with Crippen LogP contribution < -0.4 is 0 Å². The monoisotopic (exact) mass is 362 g/mol. The van der Waals surface area contributed by atoms with Crippen molar-refractivity contribution in [2.75, 3.05) is 24.7 Å². The molecule has 0 heterocycles. The maximum absolute atomic E-state index is 2.33. The summed E-state index contributed by atoms with van der Waals surface area (Å²) in [6.45, 7) is 6.49. The molecule has 0 aromatic rings. The quantitative estimate of drug-likeness (QED) is 0.546. The zero-order valence-corrected chi connectivity index (χ0v) is 11.2. The molecule has 0 saturated heterocycles.